The van der Waals surface area contributed by atoms with Gasteiger partial charge in [-0.25, -0.2) is 4.98 Å². The Kier molecular flexibility index (Phi) is 12.4. The standard InChI is InChI=1S/C66H70N4O/c1-44(2)65(45(3)4,48-24-14-12-15-25-48)56-31-23-32-57(66(46(5)6,47(7)8)49-26-16-13-17-27-49)63(56)69-43-68(59-34-20-21-35-60(59)69)51-28-22-29-52(41-51)71-53-36-37-55-54-30-18-19-33-58(54)70(61(55)42-53)62-40-50(38-39-67-62)64(9,10)11/h12-42,44-47H,43H2,1-11H3. The molecule has 0 radical (unpaired) electrons. The highest BCUT2D eigenvalue weighted by atomic mass is 16.5. The van der Waals surface area contributed by atoms with Crippen LogP contribution in [0.25, 0.3) is 27.6 Å². The molecule has 10 rings (SSSR count). The minimum Gasteiger partial charge on any atom is -0.457 e. The van der Waals surface area contributed by atoms with Crippen molar-refractivity contribution in [3.63, 3.8) is 0 Å². The summed E-state index contributed by atoms with van der Waals surface area (Å²) in [5.41, 5.74) is 13.0. The SMILES string of the molecule is CC(C)C(c1ccccc1)(c1cccc(C(c2ccccc2)(C(C)C)C(C)C)c1N1CN(c2cccc(Oc3ccc4c5ccccc5n(-c5cc(C(C)(C)C)ccn5)c4c3)c2)c2ccccc21)C(C)C. The molecule has 0 saturated heterocycles. The molecule has 0 fully saturated rings. The van der Waals surface area contributed by atoms with Crippen LogP contribution < -0.4 is 14.5 Å². The molecular weight excluding hydrogens is 865 g/mol. The molecule has 0 saturated carbocycles. The molecule has 0 aliphatic carbocycles. The van der Waals surface area contributed by atoms with Gasteiger partial charge in [0.25, 0.3) is 0 Å². The summed E-state index contributed by atoms with van der Waals surface area (Å²) in [6, 6.07) is 66.9. The average molecular weight is 935 g/mol. The van der Waals surface area contributed by atoms with Crippen molar-refractivity contribution < 1.29 is 4.74 Å². The number of ether oxygens (including phenoxy) is 1. The Morgan fingerprint density at radius 2 is 0.972 bits per heavy atom. The van der Waals surface area contributed by atoms with Crippen molar-refractivity contribution in [2.45, 2.75) is 92.4 Å². The van der Waals surface area contributed by atoms with Gasteiger partial charge in [-0.2, -0.15) is 0 Å². The predicted molar refractivity (Wildman–Crippen MR) is 300 cm³/mol. The van der Waals surface area contributed by atoms with Crippen molar-refractivity contribution >= 4 is 44.6 Å². The highest BCUT2D eigenvalue weighted by molar-refractivity contribution is 6.09. The van der Waals surface area contributed by atoms with E-state index in [4.69, 9.17) is 9.72 Å². The molecule has 0 amide bonds. The molecule has 1 aliphatic rings. The van der Waals surface area contributed by atoms with Gasteiger partial charge in [0, 0.05) is 45.6 Å². The third-order valence-electron chi connectivity index (χ3n) is 15.9. The highest BCUT2D eigenvalue weighted by Crippen LogP contribution is 2.58. The summed E-state index contributed by atoms with van der Waals surface area (Å²) in [7, 11) is 0. The van der Waals surface area contributed by atoms with Crippen LogP contribution in [0, 0.1) is 23.7 Å². The number of pyridine rings is 1. The first kappa shape index (κ1) is 47.6. The first-order valence-corrected chi connectivity index (χ1v) is 25.8. The molecule has 7 aromatic carbocycles. The molecule has 0 bridgehead atoms. The van der Waals surface area contributed by atoms with Gasteiger partial charge >= 0.3 is 0 Å². The summed E-state index contributed by atoms with van der Waals surface area (Å²) in [5.74, 6) is 3.60. The van der Waals surface area contributed by atoms with Crippen LogP contribution in [0.4, 0.5) is 22.7 Å². The molecule has 2 aromatic heterocycles. The molecule has 0 atom stereocenters. The second-order valence-electron chi connectivity index (χ2n) is 22.1. The third kappa shape index (κ3) is 7.89. The number of hydrogen-bond donors (Lipinski definition) is 0. The first-order valence-electron chi connectivity index (χ1n) is 25.8. The maximum Gasteiger partial charge on any atom is 0.137 e. The van der Waals surface area contributed by atoms with Crippen LogP contribution in [0.3, 0.4) is 0 Å². The zero-order valence-corrected chi connectivity index (χ0v) is 43.6. The van der Waals surface area contributed by atoms with E-state index in [1.165, 1.54) is 50.3 Å². The van der Waals surface area contributed by atoms with Crippen molar-refractivity contribution in [3.05, 3.63) is 216 Å². The molecule has 360 valence electrons. The molecule has 1 aliphatic heterocycles. The van der Waals surface area contributed by atoms with Crippen LogP contribution in [0.15, 0.2) is 188 Å². The number of hydrogen-bond acceptors (Lipinski definition) is 4. The van der Waals surface area contributed by atoms with E-state index in [1.807, 2.05) is 6.20 Å². The number of rotatable bonds is 13. The van der Waals surface area contributed by atoms with Crippen LogP contribution in [0.2, 0.25) is 0 Å². The van der Waals surface area contributed by atoms with Crippen LogP contribution in [-0.2, 0) is 16.2 Å². The van der Waals surface area contributed by atoms with Gasteiger partial charge < -0.3 is 14.5 Å². The van der Waals surface area contributed by atoms with Crippen LogP contribution >= 0.6 is 0 Å². The minimum atomic E-state index is -0.308. The van der Waals surface area contributed by atoms with Gasteiger partial charge in [0.2, 0.25) is 0 Å². The molecule has 3 heterocycles. The van der Waals surface area contributed by atoms with Crippen LogP contribution in [0.5, 0.6) is 11.5 Å². The lowest BCUT2D eigenvalue weighted by Gasteiger charge is -2.49. The quantitative estimate of drug-likeness (QED) is 0.115. The summed E-state index contributed by atoms with van der Waals surface area (Å²) in [6.07, 6.45) is 1.93. The third-order valence-corrected chi connectivity index (χ3v) is 15.9. The van der Waals surface area contributed by atoms with Gasteiger partial charge in [-0.05, 0) is 112 Å². The van der Waals surface area contributed by atoms with Crippen molar-refractivity contribution in [2.24, 2.45) is 23.7 Å². The van der Waals surface area contributed by atoms with E-state index in [2.05, 4.69) is 273 Å². The first-order chi connectivity index (χ1) is 34.2. The van der Waals surface area contributed by atoms with E-state index in [1.54, 1.807) is 0 Å². The zero-order chi connectivity index (χ0) is 49.8. The van der Waals surface area contributed by atoms with Gasteiger partial charge in [-0.3, -0.25) is 4.57 Å². The van der Waals surface area contributed by atoms with E-state index in [-0.39, 0.29) is 39.9 Å². The number of anilines is 4. The Hall–Kier alpha value is -7.11. The van der Waals surface area contributed by atoms with Gasteiger partial charge in [0.1, 0.15) is 24.0 Å². The fourth-order valence-electron chi connectivity index (χ4n) is 12.9. The molecular formula is C66H70N4O. The Morgan fingerprint density at radius 1 is 0.451 bits per heavy atom. The van der Waals surface area contributed by atoms with Crippen molar-refractivity contribution in [1.82, 2.24) is 9.55 Å². The van der Waals surface area contributed by atoms with E-state index in [0.717, 1.165) is 39.4 Å². The lowest BCUT2D eigenvalue weighted by Crippen LogP contribution is -2.44. The van der Waals surface area contributed by atoms with Gasteiger partial charge in [0.15, 0.2) is 0 Å². The Morgan fingerprint density at radius 3 is 1.56 bits per heavy atom. The summed E-state index contributed by atoms with van der Waals surface area (Å²) >= 11 is 0. The number of fused-ring (bicyclic) bond motifs is 4. The zero-order valence-electron chi connectivity index (χ0n) is 43.6. The molecule has 5 nitrogen and oxygen atoms in total. The predicted octanol–water partition coefficient (Wildman–Crippen LogP) is 17.7. The molecule has 9 aromatic rings. The summed E-state index contributed by atoms with van der Waals surface area (Å²) in [4.78, 5) is 10.0. The number of aromatic nitrogens is 2. The van der Waals surface area contributed by atoms with E-state index < -0.39 is 0 Å². The maximum atomic E-state index is 6.91. The van der Waals surface area contributed by atoms with Crippen molar-refractivity contribution in [1.29, 1.82) is 0 Å². The fraction of sp³-hybridized carbons (Fsp3) is 0.288. The molecule has 0 unspecified atom stereocenters. The monoisotopic (exact) mass is 935 g/mol. The Bertz CT molecular complexity index is 3240. The molecule has 0 spiro atoms. The van der Waals surface area contributed by atoms with Gasteiger partial charge in [-0.1, -0.05) is 191 Å². The van der Waals surface area contributed by atoms with Gasteiger partial charge in [0.05, 0.1) is 28.1 Å². The second-order valence-corrected chi connectivity index (χ2v) is 22.1. The smallest absolute Gasteiger partial charge is 0.137 e. The number of benzene rings is 7. The summed E-state index contributed by atoms with van der Waals surface area (Å²) in [5, 5.41) is 2.35. The normalized spacial score (nSPS) is 13.4. The molecule has 5 heteroatoms. The minimum absolute atomic E-state index is 0.0157. The van der Waals surface area contributed by atoms with Crippen LogP contribution in [0.1, 0.15) is 104 Å². The Labute approximate surface area is 422 Å². The van der Waals surface area contributed by atoms with Crippen molar-refractivity contribution in [2.75, 3.05) is 16.5 Å². The lowest BCUT2D eigenvalue weighted by atomic mass is 9.56. The van der Waals surface area contributed by atoms with Crippen molar-refractivity contribution in [3.8, 4) is 17.3 Å². The largest absolute Gasteiger partial charge is 0.457 e. The molecule has 0 N–H and O–H groups in total. The van der Waals surface area contributed by atoms with E-state index in [0.29, 0.717) is 6.67 Å². The number of nitrogens with zero attached hydrogens (tertiary/aromatic N) is 4. The molecule has 71 heavy (non-hydrogen) atoms. The number of para-hydroxylation sites is 4. The van der Waals surface area contributed by atoms with E-state index in [9.17, 15) is 0 Å². The Balaban J connectivity index is 1.12. The van der Waals surface area contributed by atoms with E-state index >= 15 is 0 Å². The average Bonchev–Trinajstić information content (AvgIpc) is 3.91. The maximum absolute atomic E-state index is 6.91. The van der Waals surface area contributed by atoms with Crippen LogP contribution in [-0.4, -0.2) is 16.2 Å². The lowest BCUT2D eigenvalue weighted by molar-refractivity contribution is 0.264. The topological polar surface area (TPSA) is 33.5 Å². The fourth-order valence-corrected chi connectivity index (χ4v) is 12.9. The van der Waals surface area contributed by atoms with Gasteiger partial charge in [-0.15, -0.1) is 0 Å². The second kappa shape index (κ2) is 18.6. The summed E-state index contributed by atoms with van der Waals surface area (Å²) < 4.78 is 9.19. The summed E-state index contributed by atoms with van der Waals surface area (Å²) in [6.45, 7) is 26.8. The highest BCUT2D eigenvalue weighted by Gasteiger charge is 2.49.